The van der Waals surface area contributed by atoms with Gasteiger partial charge in [-0.05, 0) is 24.2 Å². The smallest absolute Gasteiger partial charge is 0.201 e. The normalized spacial score (nSPS) is 12.6. The van der Waals surface area contributed by atoms with Crippen molar-refractivity contribution in [2.75, 3.05) is 25.0 Å². The first-order valence-electron chi connectivity index (χ1n) is 12.8. The average molecular weight is 463 g/mol. The van der Waals surface area contributed by atoms with Gasteiger partial charge >= 0.3 is 0 Å². The molecule has 0 unspecified atom stereocenters. The third-order valence-corrected chi connectivity index (χ3v) is 19.2. The van der Waals surface area contributed by atoms with Crippen LogP contribution in [0.3, 0.4) is 0 Å². The number of hydrogen-bond donors (Lipinski definition) is 0. The Hall–Kier alpha value is 0.704. The first-order valence-corrected chi connectivity index (χ1v) is 19.0. The molecule has 2 nitrogen and oxygen atoms in total. The highest BCUT2D eigenvalue weighted by Crippen LogP contribution is 2.32. The van der Waals surface area contributed by atoms with E-state index in [4.69, 9.17) is 8.85 Å². The molecular weight excluding hydrogens is 409 g/mol. The average Bonchev–Trinajstić information content (AvgIpc) is 2.73. The summed E-state index contributed by atoms with van der Waals surface area (Å²) in [6, 6.07) is 5.45. The Morgan fingerprint density at radius 3 is 0.966 bits per heavy atom. The monoisotopic (exact) mass is 462 g/mol. The molecule has 0 radical (unpaired) electrons. The summed E-state index contributed by atoms with van der Waals surface area (Å²) in [5, 5.41) is 2.58. The minimum Gasteiger partial charge on any atom is -0.419 e. The van der Waals surface area contributed by atoms with Crippen LogP contribution in [-0.2, 0) is 8.85 Å². The van der Waals surface area contributed by atoms with Crippen molar-refractivity contribution >= 4 is 28.4 Å². The van der Waals surface area contributed by atoms with Crippen LogP contribution >= 0.6 is 11.8 Å². The second-order valence-corrected chi connectivity index (χ2v) is 19.4. The molecule has 0 aliphatic rings. The quantitative estimate of drug-likeness (QED) is 0.118. The van der Waals surface area contributed by atoms with Crippen LogP contribution in [0.15, 0.2) is 0 Å². The van der Waals surface area contributed by atoms with Crippen LogP contribution in [0.2, 0.25) is 24.2 Å². The predicted molar refractivity (Wildman–Crippen MR) is 140 cm³/mol. The Kier molecular flexibility index (Phi) is 19.9. The fourth-order valence-electron chi connectivity index (χ4n) is 4.28. The summed E-state index contributed by atoms with van der Waals surface area (Å²) in [5.74, 6) is 0. The lowest BCUT2D eigenvalue weighted by Crippen LogP contribution is -2.44. The Morgan fingerprint density at radius 1 is 0.483 bits per heavy atom. The first kappa shape index (κ1) is 29.7. The highest BCUT2D eigenvalue weighted by molar-refractivity contribution is 8.02. The highest BCUT2D eigenvalue weighted by atomic mass is 32.2. The lowest BCUT2D eigenvalue weighted by atomic mass is 10.3. The lowest BCUT2D eigenvalue weighted by molar-refractivity contribution is 0.389. The maximum atomic E-state index is 6.37. The summed E-state index contributed by atoms with van der Waals surface area (Å²) in [6.07, 6.45) is 16.1. The summed E-state index contributed by atoms with van der Waals surface area (Å²) >= 11 is 2.22. The van der Waals surface area contributed by atoms with E-state index in [0.29, 0.717) is 0 Å². The van der Waals surface area contributed by atoms with E-state index in [0.717, 1.165) is 0 Å². The van der Waals surface area contributed by atoms with Gasteiger partial charge in [-0.2, -0.15) is 11.8 Å². The van der Waals surface area contributed by atoms with Crippen molar-refractivity contribution in [2.24, 2.45) is 0 Å². The van der Waals surface area contributed by atoms with Gasteiger partial charge in [-0.15, -0.1) is 0 Å². The maximum Gasteiger partial charge on any atom is 0.201 e. The van der Waals surface area contributed by atoms with Crippen molar-refractivity contribution < 1.29 is 8.85 Å². The zero-order valence-electron chi connectivity index (χ0n) is 21.0. The van der Waals surface area contributed by atoms with Crippen molar-refractivity contribution in [3.63, 3.8) is 0 Å². The molecule has 176 valence electrons. The van der Waals surface area contributed by atoms with Crippen molar-refractivity contribution in [1.29, 1.82) is 0 Å². The molecule has 29 heavy (non-hydrogen) atoms. The Bertz CT molecular complexity index is 304. The molecule has 0 atom stereocenters. The SMILES string of the molecule is CCCCC[Si](CCCCC)(CSC[Si](CCCCC)(CCCCC)OC)OC. The van der Waals surface area contributed by atoms with Crippen molar-refractivity contribution in [2.45, 2.75) is 129 Å². The molecule has 0 bridgehead atoms. The third kappa shape index (κ3) is 13.7. The summed E-state index contributed by atoms with van der Waals surface area (Å²) in [6.45, 7) is 9.25. The Labute approximate surface area is 190 Å². The van der Waals surface area contributed by atoms with Gasteiger partial charge in [0.15, 0.2) is 0 Å². The van der Waals surface area contributed by atoms with Gasteiger partial charge in [0.1, 0.15) is 0 Å². The predicted octanol–water partition coefficient (Wildman–Crippen LogP) is 8.74. The molecule has 0 N–H and O–H groups in total. The molecule has 0 saturated carbocycles. The van der Waals surface area contributed by atoms with Gasteiger partial charge in [0, 0.05) is 25.0 Å². The van der Waals surface area contributed by atoms with Gasteiger partial charge in [-0.1, -0.05) is 105 Å². The standard InChI is InChI=1S/C24H54O2SSi2/c1-7-11-15-19-28(25-5,20-16-12-8-2)23-27-24-29(26-6,21-17-13-9-3)22-18-14-10-4/h7-24H2,1-6H3. The van der Waals surface area contributed by atoms with Crippen molar-refractivity contribution in [1.82, 2.24) is 0 Å². The van der Waals surface area contributed by atoms with Gasteiger partial charge in [0.25, 0.3) is 0 Å². The van der Waals surface area contributed by atoms with Gasteiger partial charge < -0.3 is 8.85 Å². The van der Waals surface area contributed by atoms with E-state index >= 15 is 0 Å². The fraction of sp³-hybridized carbons (Fsp3) is 1.00. The van der Waals surface area contributed by atoms with E-state index in [-0.39, 0.29) is 0 Å². The molecular formula is C24H54O2SSi2. The number of rotatable bonds is 22. The van der Waals surface area contributed by atoms with Crippen LogP contribution < -0.4 is 0 Å². The summed E-state index contributed by atoms with van der Waals surface area (Å²) in [7, 11) is 0.838. The molecule has 0 aromatic rings. The van der Waals surface area contributed by atoms with Crippen molar-refractivity contribution in [3.8, 4) is 0 Å². The van der Waals surface area contributed by atoms with E-state index in [1.54, 1.807) is 0 Å². The Balaban J connectivity index is 4.95. The third-order valence-electron chi connectivity index (χ3n) is 6.54. The lowest BCUT2D eigenvalue weighted by Gasteiger charge is -2.33. The molecule has 0 aromatic carbocycles. The molecule has 0 amide bonds. The summed E-state index contributed by atoms with van der Waals surface area (Å²) < 4.78 is 12.7. The zero-order valence-corrected chi connectivity index (χ0v) is 23.8. The van der Waals surface area contributed by atoms with E-state index in [2.05, 4.69) is 39.5 Å². The molecule has 0 rings (SSSR count). The van der Waals surface area contributed by atoms with Crippen molar-refractivity contribution in [3.05, 3.63) is 0 Å². The van der Waals surface area contributed by atoms with Crippen LogP contribution in [0, 0.1) is 0 Å². The maximum absolute atomic E-state index is 6.37. The van der Waals surface area contributed by atoms with Gasteiger partial charge in [-0.3, -0.25) is 0 Å². The minimum absolute atomic E-state index is 1.29. The molecule has 0 fully saturated rings. The molecule has 0 spiro atoms. The largest absolute Gasteiger partial charge is 0.419 e. The molecule has 0 aliphatic carbocycles. The van der Waals surface area contributed by atoms with Gasteiger partial charge in [-0.25, -0.2) is 0 Å². The number of unbranched alkanes of at least 4 members (excludes halogenated alkanes) is 8. The van der Waals surface area contributed by atoms with Crippen LogP contribution in [0.4, 0.5) is 0 Å². The van der Waals surface area contributed by atoms with Crippen LogP contribution in [0.1, 0.15) is 105 Å². The van der Waals surface area contributed by atoms with Gasteiger partial charge in [0.2, 0.25) is 16.6 Å². The van der Waals surface area contributed by atoms with Crippen LogP contribution in [0.5, 0.6) is 0 Å². The van der Waals surface area contributed by atoms with E-state index < -0.39 is 16.6 Å². The highest BCUT2D eigenvalue weighted by Gasteiger charge is 2.37. The Morgan fingerprint density at radius 2 is 0.759 bits per heavy atom. The fourth-order valence-corrected chi connectivity index (χ4v) is 16.7. The first-order chi connectivity index (χ1) is 14.1. The van der Waals surface area contributed by atoms with Crippen LogP contribution in [0.25, 0.3) is 0 Å². The van der Waals surface area contributed by atoms with E-state index in [1.165, 1.54) is 112 Å². The second-order valence-electron chi connectivity index (χ2n) is 9.10. The molecule has 0 heterocycles. The van der Waals surface area contributed by atoms with Gasteiger partial charge in [0.05, 0.1) is 0 Å². The van der Waals surface area contributed by atoms with E-state index in [9.17, 15) is 0 Å². The van der Waals surface area contributed by atoms with E-state index in [1.807, 2.05) is 14.2 Å². The number of thioether (sulfide) groups is 1. The molecule has 0 aliphatic heterocycles. The number of hydrogen-bond acceptors (Lipinski definition) is 3. The topological polar surface area (TPSA) is 18.5 Å². The minimum atomic E-state index is -1.60. The summed E-state index contributed by atoms with van der Waals surface area (Å²) in [5.41, 5.74) is 0. The molecule has 0 saturated heterocycles. The molecule has 5 heteroatoms. The molecule has 0 aromatic heterocycles. The zero-order chi connectivity index (χ0) is 21.8. The summed E-state index contributed by atoms with van der Waals surface area (Å²) in [4.78, 5) is 0. The second kappa shape index (κ2) is 19.4. The van der Waals surface area contributed by atoms with Crippen LogP contribution in [-0.4, -0.2) is 41.6 Å².